The summed E-state index contributed by atoms with van der Waals surface area (Å²) in [5.74, 6) is 2.62. The van der Waals surface area contributed by atoms with Gasteiger partial charge < -0.3 is 23.8 Å². The molecule has 0 aliphatic carbocycles. The van der Waals surface area contributed by atoms with Gasteiger partial charge in [-0.3, -0.25) is 0 Å². The quantitative estimate of drug-likeness (QED) is 0.498. The zero-order chi connectivity index (χ0) is 20.0. The number of methoxy groups -OCH3 is 4. The van der Waals surface area contributed by atoms with Gasteiger partial charge in [0.05, 0.1) is 41.9 Å². The lowest BCUT2D eigenvalue weighted by Gasteiger charge is -2.18. The standard InChI is InChI=1S/C21H26ClNO4.BH3/c1-23(2)13-16(14-7-9-17(24-3)19(11-14)26-5)21(22)15-8-10-18(25-4)20(12-15)27-6;/h7-12H,13H2,1-6H3;1H3/b21-16-;. The Hall–Kier alpha value is -2.31. The number of hydrogen-bond acceptors (Lipinski definition) is 5. The van der Waals surface area contributed by atoms with Gasteiger partial charge in [0.1, 0.15) is 0 Å². The molecule has 0 aliphatic rings. The molecule has 0 atom stereocenters. The molecule has 0 aromatic heterocycles. The first kappa shape index (κ1) is 23.7. The Morgan fingerprint density at radius 1 is 0.750 bits per heavy atom. The fourth-order valence-corrected chi connectivity index (χ4v) is 3.06. The van der Waals surface area contributed by atoms with Crippen molar-refractivity contribution in [1.82, 2.24) is 4.90 Å². The molecule has 0 saturated carbocycles. The van der Waals surface area contributed by atoms with E-state index in [2.05, 4.69) is 4.90 Å². The van der Waals surface area contributed by atoms with Crippen LogP contribution in [0, 0.1) is 0 Å². The van der Waals surface area contributed by atoms with Gasteiger partial charge in [0, 0.05) is 6.54 Å². The van der Waals surface area contributed by atoms with E-state index in [4.69, 9.17) is 30.5 Å². The monoisotopic (exact) mass is 405 g/mol. The highest BCUT2D eigenvalue weighted by Crippen LogP contribution is 2.38. The Morgan fingerprint density at radius 2 is 1.18 bits per heavy atom. The Bertz CT molecular complexity index is 824. The maximum Gasteiger partial charge on any atom is 0.161 e. The zero-order valence-corrected chi connectivity index (χ0v) is 17.4. The molecule has 0 amide bonds. The van der Waals surface area contributed by atoms with Crippen LogP contribution in [0.3, 0.4) is 0 Å². The normalized spacial score (nSPS) is 11.4. The molecular formula is C21H29BClNO4. The van der Waals surface area contributed by atoms with Gasteiger partial charge >= 0.3 is 0 Å². The van der Waals surface area contributed by atoms with Crippen LogP contribution in [0.2, 0.25) is 0 Å². The van der Waals surface area contributed by atoms with E-state index in [1.54, 1.807) is 28.4 Å². The van der Waals surface area contributed by atoms with Crippen LogP contribution in [0.15, 0.2) is 36.4 Å². The average Bonchev–Trinajstić information content (AvgIpc) is 2.70. The number of hydrogen-bond donors (Lipinski definition) is 0. The molecule has 0 unspecified atom stereocenters. The van der Waals surface area contributed by atoms with E-state index in [1.165, 1.54) is 0 Å². The van der Waals surface area contributed by atoms with Crippen molar-refractivity contribution >= 4 is 30.6 Å². The molecule has 0 radical (unpaired) electrons. The summed E-state index contributed by atoms with van der Waals surface area (Å²) >= 11 is 6.83. The highest BCUT2D eigenvalue weighted by molar-refractivity contribution is 6.52. The van der Waals surface area contributed by atoms with Crippen molar-refractivity contribution in [3.63, 3.8) is 0 Å². The molecule has 0 heterocycles. The molecule has 0 aliphatic heterocycles. The first-order valence-electron chi connectivity index (χ1n) is 8.43. The van der Waals surface area contributed by atoms with Gasteiger partial charge in [-0.05, 0) is 61.1 Å². The second-order valence-corrected chi connectivity index (χ2v) is 6.55. The lowest BCUT2D eigenvalue weighted by atomic mass is 10.0. The topological polar surface area (TPSA) is 40.2 Å². The number of benzene rings is 2. The van der Waals surface area contributed by atoms with Crippen molar-refractivity contribution in [2.75, 3.05) is 49.1 Å². The number of likely N-dealkylation sites (N-methyl/N-ethyl adjacent to an activating group) is 1. The van der Waals surface area contributed by atoms with Crippen molar-refractivity contribution in [2.45, 2.75) is 0 Å². The van der Waals surface area contributed by atoms with Crippen LogP contribution in [0.4, 0.5) is 0 Å². The molecule has 0 spiro atoms. The molecule has 2 rings (SSSR count). The van der Waals surface area contributed by atoms with Gasteiger partial charge in [-0.1, -0.05) is 17.7 Å². The van der Waals surface area contributed by atoms with E-state index in [1.807, 2.05) is 50.5 Å². The molecular weight excluding hydrogens is 376 g/mol. The number of halogens is 1. The Morgan fingerprint density at radius 3 is 1.61 bits per heavy atom. The van der Waals surface area contributed by atoms with Gasteiger partial charge in [0.15, 0.2) is 23.0 Å². The predicted octanol–water partition coefficient (Wildman–Crippen LogP) is 3.21. The lowest BCUT2D eigenvalue weighted by molar-refractivity contribution is 0.355. The van der Waals surface area contributed by atoms with E-state index in [0.717, 1.165) is 16.7 Å². The van der Waals surface area contributed by atoms with Crippen LogP contribution in [0.1, 0.15) is 11.1 Å². The van der Waals surface area contributed by atoms with Gasteiger partial charge in [0.25, 0.3) is 0 Å². The summed E-state index contributed by atoms with van der Waals surface area (Å²) in [5.41, 5.74) is 2.77. The van der Waals surface area contributed by atoms with Crippen molar-refractivity contribution in [1.29, 1.82) is 0 Å². The average molecular weight is 406 g/mol. The van der Waals surface area contributed by atoms with E-state index in [0.29, 0.717) is 34.6 Å². The Balaban J connectivity index is 0.00000392. The third-order valence-corrected chi connectivity index (χ3v) is 4.55. The molecule has 152 valence electrons. The van der Waals surface area contributed by atoms with Crippen LogP contribution in [-0.2, 0) is 0 Å². The maximum atomic E-state index is 6.83. The first-order chi connectivity index (χ1) is 12.9. The highest BCUT2D eigenvalue weighted by Gasteiger charge is 2.15. The Kier molecular flexibility index (Phi) is 9.22. The van der Waals surface area contributed by atoms with E-state index < -0.39 is 0 Å². The predicted molar refractivity (Wildman–Crippen MR) is 120 cm³/mol. The smallest absolute Gasteiger partial charge is 0.161 e. The van der Waals surface area contributed by atoms with Crippen molar-refractivity contribution in [2.24, 2.45) is 0 Å². The summed E-state index contributed by atoms with van der Waals surface area (Å²) in [6.07, 6.45) is 0. The lowest BCUT2D eigenvalue weighted by Crippen LogP contribution is -2.15. The molecule has 0 fully saturated rings. The van der Waals surface area contributed by atoms with E-state index in [-0.39, 0.29) is 8.41 Å². The fourth-order valence-electron chi connectivity index (χ4n) is 2.77. The van der Waals surface area contributed by atoms with Crippen LogP contribution >= 0.6 is 11.6 Å². The zero-order valence-electron chi connectivity index (χ0n) is 16.6. The third kappa shape index (κ3) is 5.36. The maximum absolute atomic E-state index is 6.83. The van der Waals surface area contributed by atoms with Crippen molar-refractivity contribution in [3.05, 3.63) is 47.5 Å². The second kappa shape index (κ2) is 10.9. The van der Waals surface area contributed by atoms with Crippen LogP contribution in [-0.4, -0.2) is 62.4 Å². The summed E-state index contributed by atoms with van der Waals surface area (Å²) in [6, 6.07) is 11.4. The van der Waals surface area contributed by atoms with Crippen LogP contribution in [0.25, 0.3) is 10.6 Å². The first-order valence-corrected chi connectivity index (χ1v) is 8.81. The molecule has 0 N–H and O–H groups in total. The second-order valence-electron chi connectivity index (χ2n) is 6.17. The van der Waals surface area contributed by atoms with Crippen LogP contribution < -0.4 is 18.9 Å². The van der Waals surface area contributed by atoms with Gasteiger partial charge in [-0.2, -0.15) is 0 Å². The number of nitrogens with zero attached hydrogens (tertiary/aromatic N) is 1. The molecule has 0 bridgehead atoms. The summed E-state index contributed by atoms with van der Waals surface area (Å²) in [4.78, 5) is 2.06. The molecule has 5 nitrogen and oxygen atoms in total. The number of rotatable bonds is 8. The van der Waals surface area contributed by atoms with Crippen molar-refractivity contribution in [3.8, 4) is 23.0 Å². The molecule has 2 aromatic carbocycles. The van der Waals surface area contributed by atoms with Gasteiger partial charge in [0.2, 0.25) is 0 Å². The van der Waals surface area contributed by atoms with Gasteiger partial charge in [-0.25, -0.2) is 0 Å². The molecule has 28 heavy (non-hydrogen) atoms. The minimum atomic E-state index is 0. The van der Waals surface area contributed by atoms with E-state index >= 15 is 0 Å². The van der Waals surface area contributed by atoms with Crippen LogP contribution in [0.5, 0.6) is 23.0 Å². The molecule has 0 saturated heterocycles. The molecule has 2 aromatic rings. The van der Waals surface area contributed by atoms with E-state index in [9.17, 15) is 0 Å². The Labute approximate surface area is 174 Å². The summed E-state index contributed by atoms with van der Waals surface area (Å²) in [7, 11) is 10.4. The minimum absolute atomic E-state index is 0. The summed E-state index contributed by atoms with van der Waals surface area (Å²) in [5, 5.41) is 0.636. The van der Waals surface area contributed by atoms with Crippen molar-refractivity contribution < 1.29 is 18.9 Å². The SMILES string of the molecule is B.COc1ccc(/C(Cl)=C(\CN(C)C)c2ccc(OC)c(OC)c2)cc1OC. The number of ether oxygens (including phenoxy) is 4. The van der Waals surface area contributed by atoms with Gasteiger partial charge in [-0.15, -0.1) is 0 Å². The minimum Gasteiger partial charge on any atom is -0.493 e. The molecule has 7 heteroatoms. The summed E-state index contributed by atoms with van der Waals surface area (Å²) < 4.78 is 21.5. The highest BCUT2D eigenvalue weighted by atomic mass is 35.5. The summed E-state index contributed by atoms with van der Waals surface area (Å²) in [6.45, 7) is 0.655. The third-order valence-electron chi connectivity index (χ3n) is 4.11. The largest absolute Gasteiger partial charge is 0.493 e. The fraction of sp³-hybridized carbons (Fsp3) is 0.333.